The molecule has 8 heavy (non-hydrogen) atoms. The van der Waals surface area contributed by atoms with Crippen LogP contribution in [0.3, 0.4) is 0 Å². The van der Waals surface area contributed by atoms with Gasteiger partial charge in [-0.3, -0.25) is 0 Å². The van der Waals surface area contributed by atoms with Gasteiger partial charge >= 0.3 is 37.7 Å². The van der Waals surface area contributed by atoms with Crippen LogP contribution >= 0.6 is 0 Å². The molecule has 0 aromatic carbocycles. The van der Waals surface area contributed by atoms with Gasteiger partial charge in [-0.25, -0.2) is 0 Å². The Bertz CT molecular complexity index is 31.5. The zero-order valence-electron chi connectivity index (χ0n) is 3.93. The normalized spacial score (nSPS) is 3.00. The zero-order chi connectivity index (χ0) is 3.58. The molecular weight excluding hydrogens is 148 g/mol. The fourth-order valence-electron chi connectivity index (χ4n) is 0. The zero-order valence-corrected chi connectivity index (χ0v) is 6.14. The largest absolute Gasteiger partial charge is 2.00 e. The molecule has 0 aromatic rings. The SMILES string of the molecule is O.O.O.O=C([O-])[O-].[Ca+2]. The molecule has 0 atom stereocenters. The third-order valence-electron chi connectivity index (χ3n) is 0. The van der Waals surface area contributed by atoms with Crippen LogP contribution in [-0.4, -0.2) is 60.3 Å². The van der Waals surface area contributed by atoms with Crippen LogP contribution in [0.4, 0.5) is 4.79 Å². The first kappa shape index (κ1) is 39.7. The van der Waals surface area contributed by atoms with Gasteiger partial charge in [0.2, 0.25) is 0 Å². The van der Waals surface area contributed by atoms with Crippen molar-refractivity contribution in [1.82, 2.24) is 0 Å². The van der Waals surface area contributed by atoms with Crippen molar-refractivity contribution in [2.75, 3.05) is 0 Å². The van der Waals surface area contributed by atoms with Crippen LogP contribution in [0.15, 0.2) is 0 Å². The van der Waals surface area contributed by atoms with Crippen molar-refractivity contribution in [1.29, 1.82) is 0 Å². The first-order valence-corrected chi connectivity index (χ1v) is 0.612. The summed E-state index contributed by atoms with van der Waals surface area (Å²) >= 11 is 0. The van der Waals surface area contributed by atoms with Crippen LogP contribution in [-0.2, 0) is 0 Å². The molecule has 0 unspecified atom stereocenters. The van der Waals surface area contributed by atoms with Crippen molar-refractivity contribution in [2.24, 2.45) is 0 Å². The summed E-state index contributed by atoms with van der Waals surface area (Å²) in [5.74, 6) is 0. The van der Waals surface area contributed by atoms with Gasteiger partial charge in [0, 0.05) is 0 Å². The minimum absolute atomic E-state index is 0. The van der Waals surface area contributed by atoms with E-state index in [0.717, 1.165) is 0 Å². The fourth-order valence-corrected chi connectivity index (χ4v) is 0. The second-order valence-electron chi connectivity index (χ2n) is 0.250. The van der Waals surface area contributed by atoms with E-state index in [1.54, 1.807) is 0 Å². The predicted octanol–water partition coefficient (Wildman–Crippen LogP) is -5.30. The first-order chi connectivity index (χ1) is 1.73. The van der Waals surface area contributed by atoms with E-state index in [0.29, 0.717) is 0 Å². The summed E-state index contributed by atoms with van der Waals surface area (Å²) in [6.45, 7) is 0. The Morgan fingerprint density at radius 1 is 1.00 bits per heavy atom. The number of hydrogen-bond donors (Lipinski definition) is 0. The number of carboxylic acid groups (broad SMARTS) is 2. The molecule has 0 saturated carbocycles. The van der Waals surface area contributed by atoms with Crippen molar-refractivity contribution in [3.05, 3.63) is 0 Å². The topological polar surface area (TPSA) is 158 Å². The van der Waals surface area contributed by atoms with Gasteiger partial charge in [-0.05, 0) is 6.16 Å². The summed E-state index contributed by atoms with van der Waals surface area (Å²) in [5.41, 5.74) is 0. The third-order valence-corrected chi connectivity index (χ3v) is 0. The second kappa shape index (κ2) is 26.2. The van der Waals surface area contributed by atoms with Crippen molar-refractivity contribution in [2.45, 2.75) is 0 Å². The fraction of sp³-hybridized carbons (Fsp3) is 0. The molecule has 0 fully saturated rings. The Labute approximate surface area is 75.0 Å². The number of carbonyl (C=O) groups is 1. The minimum Gasteiger partial charge on any atom is -0.652 e. The quantitative estimate of drug-likeness (QED) is 0.319. The van der Waals surface area contributed by atoms with E-state index >= 15 is 0 Å². The van der Waals surface area contributed by atoms with E-state index in [1.807, 2.05) is 0 Å². The standard InChI is InChI=1S/CH2O3.Ca.3H2O/c2-1(3)4;;;;/h(H2,2,3,4);;3*1H2/q;+2;;;/p-2. The molecule has 0 rings (SSSR count). The van der Waals surface area contributed by atoms with Crippen molar-refractivity contribution in [3.63, 3.8) is 0 Å². The smallest absolute Gasteiger partial charge is 0.652 e. The first-order valence-electron chi connectivity index (χ1n) is 0.612. The number of carbonyl (C=O) groups excluding carboxylic acids is 1. The van der Waals surface area contributed by atoms with Crippen LogP contribution in [0, 0.1) is 0 Å². The van der Waals surface area contributed by atoms with Crippen LogP contribution < -0.4 is 10.2 Å². The molecule has 0 amide bonds. The van der Waals surface area contributed by atoms with Crippen LogP contribution in [0.2, 0.25) is 0 Å². The van der Waals surface area contributed by atoms with Gasteiger partial charge in [-0.15, -0.1) is 0 Å². The maximum atomic E-state index is 8.33. The van der Waals surface area contributed by atoms with Crippen molar-refractivity contribution >= 4 is 43.9 Å². The van der Waals surface area contributed by atoms with Crippen molar-refractivity contribution < 1.29 is 31.4 Å². The maximum Gasteiger partial charge on any atom is 2.00 e. The molecule has 0 spiro atoms. The Morgan fingerprint density at radius 2 is 1.00 bits per heavy atom. The van der Waals surface area contributed by atoms with E-state index in [4.69, 9.17) is 15.0 Å². The molecule has 7 heteroatoms. The van der Waals surface area contributed by atoms with E-state index in [1.165, 1.54) is 0 Å². The molecule has 6 nitrogen and oxygen atoms in total. The summed E-state index contributed by atoms with van der Waals surface area (Å²) in [6, 6.07) is 0. The van der Waals surface area contributed by atoms with Gasteiger partial charge < -0.3 is 31.4 Å². The van der Waals surface area contributed by atoms with Gasteiger partial charge in [0.25, 0.3) is 0 Å². The van der Waals surface area contributed by atoms with E-state index < -0.39 is 6.16 Å². The molecule has 0 bridgehead atoms. The molecule has 0 aliphatic heterocycles. The summed E-state index contributed by atoms with van der Waals surface area (Å²) in [4.78, 5) is 8.33. The third kappa shape index (κ3) is 1120. The molecule has 0 aliphatic rings. The van der Waals surface area contributed by atoms with Gasteiger partial charge in [-0.1, -0.05) is 0 Å². The molecule has 0 radical (unpaired) electrons. The Morgan fingerprint density at radius 3 is 1.00 bits per heavy atom. The minimum atomic E-state index is -2.33. The Hall–Kier alpha value is 0.410. The Balaban J connectivity index is -0.00000000750. The van der Waals surface area contributed by atoms with Crippen LogP contribution in [0.1, 0.15) is 0 Å². The Kier molecular flexibility index (Phi) is 130. The number of hydrogen-bond acceptors (Lipinski definition) is 3. The van der Waals surface area contributed by atoms with E-state index in [-0.39, 0.29) is 54.2 Å². The molecular formula is CH6CaO6. The van der Waals surface area contributed by atoms with Gasteiger partial charge in [0.05, 0.1) is 0 Å². The summed E-state index contributed by atoms with van der Waals surface area (Å²) in [7, 11) is 0. The molecule has 0 saturated heterocycles. The van der Waals surface area contributed by atoms with Crippen molar-refractivity contribution in [3.8, 4) is 0 Å². The van der Waals surface area contributed by atoms with Crippen LogP contribution in [0.25, 0.3) is 0 Å². The van der Waals surface area contributed by atoms with Gasteiger partial charge in [0.1, 0.15) is 0 Å². The monoisotopic (exact) mass is 154 g/mol. The molecule has 0 aliphatic carbocycles. The maximum absolute atomic E-state index is 8.33. The summed E-state index contributed by atoms with van der Waals surface area (Å²) in [5, 5.41) is 16.7. The average Bonchev–Trinajstić information content (AvgIpc) is 0.811. The molecule has 0 heterocycles. The van der Waals surface area contributed by atoms with Crippen LogP contribution in [0.5, 0.6) is 0 Å². The van der Waals surface area contributed by atoms with Gasteiger partial charge in [-0.2, -0.15) is 0 Å². The summed E-state index contributed by atoms with van der Waals surface area (Å²) < 4.78 is 0. The number of rotatable bonds is 0. The summed E-state index contributed by atoms with van der Waals surface area (Å²) in [6.07, 6.45) is -2.33. The molecule has 0 aromatic heterocycles. The molecule has 48 valence electrons. The second-order valence-corrected chi connectivity index (χ2v) is 0.250. The van der Waals surface area contributed by atoms with Gasteiger partial charge in [0.15, 0.2) is 0 Å². The van der Waals surface area contributed by atoms with E-state index in [2.05, 4.69) is 0 Å². The van der Waals surface area contributed by atoms with E-state index in [9.17, 15) is 0 Å². The average molecular weight is 154 g/mol. The molecule has 6 N–H and O–H groups in total. The predicted molar refractivity (Wildman–Crippen MR) is 22.0 cm³/mol.